The van der Waals surface area contributed by atoms with E-state index in [-0.39, 0.29) is 0 Å². The Hall–Kier alpha value is -1.32. The number of aromatic nitrogens is 2. The van der Waals surface area contributed by atoms with Crippen LogP contribution in [0, 0.1) is 0 Å². The lowest BCUT2D eigenvalue weighted by atomic mass is 10.1. The highest BCUT2D eigenvalue weighted by Gasteiger charge is 2.09. The molecule has 1 heterocycles. The highest BCUT2D eigenvalue weighted by molar-refractivity contribution is 5.57. The van der Waals surface area contributed by atoms with E-state index in [9.17, 15) is 0 Å². The fraction of sp³-hybridized carbons (Fsp3) is 0.667. The highest BCUT2D eigenvalue weighted by Crippen LogP contribution is 2.21. The summed E-state index contributed by atoms with van der Waals surface area (Å²) in [6, 6.07) is 0. The molecule has 0 aliphatic rings. The molecule has 0 aromatic carbocycles. The third kappa shape index (κ3) is 3.36. The van der Waals surface area contributed by atoms with E-state index in [0.717, 1.165) is 44.0 Å². The van der Waals surface area contributed by atoms with Crippen molar-refractivity contribution in [2.24, 2.45) is 0 Å². The number of nitrogens with zero attached hydrogens (tertiary/aromatic N) is 2. The first-order valence-corrected chi connectivity index (χ1v) is 6.15. The van der Waals surface area contributed by atoms with Crippen molar-refractivity contribution >= 4 is 11.6 Å². The van der Waals surface area contributed by atoms with Gasteiger partial charge in [0.2, 0.25) is 0 Å². The molecule has 0 spiro atoms. The van der Waals surface area contributed by atoms with Gasteiger partial charge >= 0.3 is 0 Å². The van der Waals surface area contributed by atoms with Crippen molar-refractivity contribution in [3.63, 3.8) is 0 Å². The second-order valence-corrected chi connectivity index (χ2v) is 3.76. The first-order chi connectivity index (χ1) is 7.83. The van der Waals surface area contributed by atoms with Crippen molar-refractivity contribution in [1.82, 2.24) is 9.97 Å². The van der Waals surface area contributed by atoms with Crippen molar-refractivity contribution in [2.75, 3.05) is 23.7 Å². The molecule has 4 heteroatoms. The molecule has 2 N–H and O–H groups in total. The van der Waals surface area contributed by atoms with Gasteiger partial charge in [-0.15, -0.1) is 0 Å². The molecule has 90 valence electrons. The van der Waals surface area contributed by atoms with E-state index in [4.69, 9.17) is 0 Å². The van der Waals surface area contributed by atoms with E-state index in [1.807, 2.05) is 0 Å². The second kappa shape index (κ2) is 7.04. The van der Waals surface area contributed by atoms with Crippen LogP contribution in [0.1, 0.15) is 39.2 Å². The summed E-state index contributed by atoms with van der Waals surface area (Å²) in [4.78, 5) is 8.61. The summed E-state index contributed by atoms with van der Waals surface area (Å²) in [6.07, 6.45) is 4.84. The standard InChI is InChI=1S/C12H22N4/c1-4-7-10-11(13-6-3)15-9-16-12(10)14-8-5-2/h9H,4-8H2,1-3H3,(H2,13,14,15,16). The zero-order valence-corrected chi connectivity index (χ0v) is 10.5. The van der Waals surface area contributed by atoms with Crippen molar-refractivity contribution in [2.45, 2.75) is 40.0 Å². The maximum atomic E-state index is 4.32. The first kappa shape index (κ1) is 12.7. The quantitative estimate of drug-likeness (QED) is 0.744. The third-order valence-electron chi connectivity index (χ3n) is 2.33. The lowest BCUT2D eigenvalue weighted by Crippen LogP contribution is -2.10. The third-order valence-corrected chi connectivity index (χ3v) is 2.33. The summed E-state index contributed by atoms with van der Waals surface area (Å²) >= 11 is 0. The Balaban J connectivity index is 2.90. The fourth-order valence-corrected chi connectivity index (χ4v) is 1.61. The molecular weight excluding hydrogens is 200 g/mol. The molecule has 0 amide bonds. The summed E-state index contributed by atoms with van der Waals surface area (Å²) in [5.74, 6) is 1.95. The van der Waals surface area contributed by atoms with Gasteiger partial charge in [0.05, 0.1) is 0 Å². The van der Waals surface area contributed by atoms with Crippen molar-refractivity contribution in [3.05, 3.63) is 11.9 Å². The molecule has 0 saturated heterocycles. The van der Waals surface area contributed by atoms with Crippen LogP contribution in [0.4, 0.5) is 11.6 Å². The molecule has 0 unspecified atom stereocenters. The van der Waals surface area contributed by atoms with Crippen LogP contribution in [0.2, 0.25) is 0 Å². The van der Waals surface area contributed by atoms with Gasteiger partial charge in [0, 0.05) is 18.7 Å². The molecular formula is C12H22N4. The Labute approximate surface area is 97.9 Å². The van der Waals surface area contributed by atoms with Crippen LogP contribution < -0.4 is 10.6 Å². The minimum Gasteiger partial charge on any atom is -0.370 e. The smallest absolute Gasteiger partial charge is 0.134 e. The van der Waals surface area contributed by atoms with E-state index in [1.54, 1.807) is 6.33 Å². The molecule has 0 aliphatic carbocycles. The van der Waals surface area contributed by atoms with E-state index in [1.165, 1.54) is 5.56 Å². The molecule has 1 aromatic heterocycles. The highest BCUT2D eigenvalue weighted by atomic mass is 15.1. The minimum absolute atomic E-state index is 0.890. The lowest BCUT2D eigenvalue weighted by Gasteiger charge is -2.13. The van der Waals surface area contributed by atoms with Gasteiger partial charge in [-0.25, -0.2) is 9.97 Å². The molecule has 16 heavy (non-hydrogen) atoms. The number of hydrogen-bond donors (Lipinski definition) is 2. The summed E-state index contributed by atoms with van der Waals surface area (Å²) in [7, 11) is 0. The van der Waals surface area contributed by atoms with E-state index in [2.05, 4.69) is 41.4 Å². The van der Waals surface area contributed by atoms with E-state index in [0.29, 0.717) is 0 Å². The van der Waals surface area contributed by atoms with Crippen LogP contribution in [0.25, 0.3) is 0 Å². The molecule has 0 aliphatic heterocycles. The average Bonchev–Trinajstić information content (AvgIpc) is 2.30. The molecule has 0 bridgehead atoms. The van der Waals surface area contributed by atoms with E-state index < -0.39 is 0 Å². The summed E-state index contributed by atoms with van der Waals surface area (Å²) < 4.78 is 0. The van der Waals surface area contributed by atoms with Crippen LogP contribution in [0.5, 0.6) is 0 Å². The van der Waals surface area contributed by atoms with E-state index >= 15 is 0 Å². The SMILES string of the molecule is CCCNc1ncnc(NCC)c1CCC. The molecule has 0 saturated carbocycles. The predicted molar refractivity (Wildman–Crippen MR) is 69.0 cm³/mol. The molecule has 0 fully saturated rings. The zero-order chi connectivity index (χ0) is 11.8. The largest absolute Gasteiger partial charge is 0.370 e. The van der Waals surface area contributed by atoms with Crippen molar-refractivity contribution in [3.8, 4) is 0 Å². The maximum absolute atomic E-state index is 4.32. The normalized spacial score (nSPS) is 10.2. The monoisotopic (exact) mass is 222 g/mol. The first-order valence-electron chi connectivity index (χ1n) is 6.15. The maximum Gasteiger partial charge on any atom is 0.134 e. The number of nitrogens with one attached hydrogen (secondary N) is 2. The van der Waals surface area contributed by atoms with Crippen LogP contribution >= 0.6 is 0 Å². The molecule has 0 radical (unpaired) electrons. The number of hydrogen-bond acceptors (Lipinski definition) is 4. The topological polar surface area (TPSA) is 49.8 Å². The predicted octanol–water partition coefficient (Wildman–Crippen LogP) is 2.68. The van der Waals surface area contributed by atoms with Gasteiger partial charge in [0.15, 0.2) is 0 Å². The van der Waals surface area contributed by atoms with Gasteiger partial charge in [0.1, 0.15) is 18.0 Å². The second-order valence-electron chi connectivity index (χ2n) is 3.76. The van der Waals surface area contributed by atoms with Gasteiger partial charge in [-0.2, -0.15) is 0 Å². The van der Waals surface area contributed by atoms with Gasteiger partial charge in [0.25, 0.3) is 0 Å². The molecule has 1 aromatic rings. The van der Waals surface area contributed by atoms with Gasteiger partial charge in [-0.3, -0.25) is 0 Å². The Morgan fingerprint density at radius 2 is 1.69 bits per heavy atom. The summed E-state index contributed by atoms with van der Waals surface area (Å²) in [5, 5.41) is 6.64. The minimum atomic E-state index is 0.890. The average molecular weight is 222 g/mol. The molecule has 0 atom stereocenters. The Bertz CT molecular complexity index is 312. The molecule has 1 rings (SSSR count). The Morgan fingerprint density at radius 3 is 2.25 bits per heavy atom. The van der Waals surface area contributed by atoms with Crippen LogP contribution in [0.15, 0.2) is 6.33 Å². The van der Waals surface area contributed by atoms with Crippen molar-refractivity contribution in [1.29, 1.82) is 0 Å². The summed E-state index contributed by atoms with van der Waals surface area (Å²) in [6.45, 7) is 8.25. The van der Waals surface area contributed by atoms with Gasteiger partial charge in [-0.05, 0) is 19.8 Å². The Morgan fingerprint density at radius 1 is 1.00 bits per heavy atom. The summed E-state index contributed by atoms with van der Waals surface area (Å²) in [5.41, 5.74) is 1.21. The Kier molecular flexibility index (Phi) is 5.61. The lowest BCUT2D eigenvalue weighted by molar-refractivity contribution is 0.888. The zero-order valence-electron chi connectivity index (χ0n) is 10.5. The van der Waals surface area contributed by atoms with Crippen LogP contribution in [0.3, 0.4) is 0 Å². The number of rotatable bonds is 7. The number of anilines is 2. The van der Waals surface area contributed by atoms with Crippen LogP contribution in [-0.4, -0.2) is 23.1 Å². The molecule has 4 nitrogen and oxygen atoms in total. The van der Waals surface area contributed by atoms with Crippen molar-refractivity contribution < 1.29 is 0 Å². The van der Waals surface area contributed by atoms with Gasteiger partial charge < -0.3 is 10.6 Å². The van der Waals surface area contributed by atoms with Crippen LogP contribution in [-0.2, 0) is 6.42 Å². The van der Waals surface area contributed by atoms with Gasteiger partial charge in [-0.1, -0.05) is 20.3 Å². The fourth-order valence-electron chi connectivity index (χ4n) is 1.61.